The predicted octanol–water partition coefficient (Wildman–Crippen LogP) is -0.304. The van der Waals surface area contributed by atoms with Gasteiger partial charge in [-0.05, 0) is 0 Å². The van der Waals surface area contributed by atoms with Crippen LogP contribution in [0.25, 0.3) is 0 Å². The maximum Gasteiger partial charge on any atom is 0.303 e. The molecule has 1 rings (SSSR count). The summed E-state index contributed by atoms with van der Waals surface area (Å²) in [6.45, 7) is 0.339. The number of likely N-dealkylation sites (tertiary alicyclic amines) is 1. The fourth-order valence-electron chi connectivity index (χ4n) is 2.10. The molecule has 0 saturated carbocycles. The Morgan fingerprint density at radius 3 is 2.28 bits per heavy atom. The third-order valence-corrected chi connectivity index (χ3v) is 3.02. The molecule has 1 N–H and O–H groups in total. The largest absolute Gasteiger partial charge is 0.481 e. The van der Waals surface area contributed by atoms with Gasteiger partial charge in [-0.25, -0.2) is 0 Å². The summed E-state index contributed by atoms with van der Waals surface area (Å²) in [7, 11) is 4.54. The second kappa shape index (κ2) is 6.67. The Morgan fingerprint density at radius 2 is 1.83 bits per heavy atom. The lowest BCUT2D eigenvalue weighted by Crippen LogP contribution is -2.42. The Hall–Kier alpha value is -1.18. The van der Waals surface area contributed by atoms with Crippen LogP contribution in [-0.4, -0.2) is 68.2 Å². The summed E-state index contributed by atoms with van der Waals surface area (Å²) in [5, 5.41) is 8.57. The lowest BCUT2D eigenvalue weighted by atomic mass is 10.2. The third kappa shape index (κ3) is 3.18. The Bertz CT molecular complexity index is 308. The van der Waals surface area contributed by atoms with Gasteiger partial charge < -0.3 is 24.2 Å². The second-order valence-corrected chi connectivity index (χ2v) is 4.04. The van der Waals surface area contributed by atoms with Crippen molar-refractivity contribution in [2.75, 3.05) is 27.9 Å². The van der Waals surface area contributed by atoms with E-state index in [4.69, 9.17) is 19.3 Å². The Balaban J connectivity index is 2.69. The van der Waals surface area contributed by atoms with Crippen LogP contribution in [0.15, 0.2) is 0 Å². The van der Waals surface area contributed by atoms with Crippen LogP contribution >= 0.6 is 0 Å². The Kier molecular flexibility index (Phi) is 5.52. The summed E-state index contributed by atoms with van der Waals surface area (Å²) in [5.74, 6) is -1.27. The van der Waals surface area contributed by atoms with Gasteiger partial charge in [0.1, 0.15) is 12.2 Å². The summed E-state index contributed by atoms with van der Waals surface area (Å²) in [6, 6.07) is 0. The average Bonchev–Trinajstić information content (AvgIpc) is 2.73. The molecule has 1 fully saturated rings. The maximum absolute atomic E-state index is 11.9. The van der Waals surface area contributed by atoms with Crippen LogP contribution in [0.5, 0.6) is 0 Å². The molecule has 0 bridgehead atoms. The first kappa shape index (κ1) is 14.9. The number of methoxy groups -OCH3 is 3. The molecule has 0 aromatic carbocycles. The number of nitrogens with zero attached hydrogens (tertiary/aromatic N) is 1. The van der Waals surface area contributed by atoms with E-state index >= 15 is 0 Å². The molecule has 1 saturated heterocycles. The minimum Gasteiger partial charge on any atom is -0.481 e. The quantitative estimate of drug-likeness (QED) is 0.706. The smallest absolute Gasteiger partial charge is 0.303 e. The van der Waals surface area contributed by atoms with E-state index in [-0.39, 0.29) is 31.0 Å². The van der Waals surface area contributed by atoms with Gasteiger partial charge >= 0.3 is 5.97 Å². The van der Waals surface area contributed by atoms with Crippen molar-refractivity contribution in [2.24, 2.45) is 0 Å². The van der Waals surface area contributed by atoms with Crippen molar-refractivity contribution in [3.8, 4) is 0 Å². The van der Waals surface area contributed by atoms with Gasteiger partial charge in [0.05, 0.1) is 13.0 Å². The summed E-state index contributed by atoms with van der Waals surface area (Å²) in [4.78, 5) is 23.8. The molecule has 1 aliphatic rings. The fraction of sp³-hybridized carbons (Fsp3) is 0.818. The molecule has 18 heavy (non-hydrogen) atoms. The van der Waals surface area contributed by atoms with Crippen molar-refractivity contribution in [2.45, 2.75) is 31.3 Å². The van der Waals surface area contributed by atoms with E-state index < -0.39 is 12.2 Å². The van der Waals surface area contributed by atoms with E-state index in [9.17, 15) is 9.59 Å². The number of hydrogen-bond donors (Lipinski definition) is 1. The van der Waals surface area contributed by atoms with Crippen molar-refractivity contribution in [3.05, 3.63) is 0 Å². The van der Waals surface area contributed by atoms with Gasteiger partial charge in [-0.15, -0.1) is 0 Å². The monoisotopic (exact) mass is 261 g/mol. The van der Waals surface area contributed by atoms with Crippen molar-refractivity contribution in [1.29, 1.82) is 0 Å². The highest BCUT2D eigenvalue weighted by Crippen LogP contribution is 2.24. The first-order valence-corrected chi connectivity index (χ1v) is 5.64. The van der Waals surface area contributed by atoms with Crippen LogP contribution in [-0.2, 0) is 23.8 Å². The molecule has 0 spiro atoms. The molecule has 3 atom stereocenters. The van der Waals surface area contributed by atoms with Gasteiger partial charge in [0.25, 0.3) is 0 Å². The molecule has 1 amide bonds. The zero-order valence-corrected chi connectivity index (χ0v) is 10.8. The number of carbonyl (C=O) groups is 2. The van der Waals surface area contributed by atoms with Gasteiger partial charge in [0, 0.05) is 27.8 Å². The van der Waals surface area contributed by atoms with Crippen molar-refractivity contribution >= 4 is 11.9 Å². The van der Waals surface area contributed by atoms with Gasteiger partial charge in [-0.1, -0.05) is 0 Å². The molecular formula is C11H19NO6. The summed E-state index contributed by atoms with van der Waals surface area (Å²) in [5.41, 5.74) is 0. The number of carboxylic acid groups (broad SMARTS) is 1. The van der Waals surface area contributed by atoms with Crippen LogP contribution in [0.3, 0.4) is 0 Å². The van der Waals surface area contributed by atoms with Crippen LogP contribution in [0, 0.1) is 0 Å². The second-order valence-electron chi connectivity index (χ2n) is 4.04. The number of amides is 1. The predicted molar refractivity (Wildman–Crippen MR) is 61.0 cm³/mol. The van der Waals surface area contributed by atoms with Crippen molar-refractivity contribution in [1.82, 2.24) is 4.90 Å². The molecule has 0 aliphatic carbocycles. The zero-order chi connectivity index (χ0) is 13.7. The summed E-state index contributed by atoms with van der Waals surface area (Å²) in [6.07, 6.45) is -1.42. The summed E-state index contributed by atoms with van der Waals surface area (Å²) >= 11 is 0. The first-order chi connectivity index (χ1) is 8.54. The normalized spacial score (nSPS) is 27.5. The number of rotatable bonds is 6. The van der Waals surface area contributed by atoms with Crippen molar-refractivity contribution < 1.29 is 28.9 Å². The first-order valence-electron chi connectivity index (χ1n) is 5.64. The molecule has 1 unspecified atom stereocenters. The number of carbonyl (C=O) groups excluding carboxylic acids is 1. The van der Waals surface area contributed by atoms with E-state index in [1.54, 1.807) is 0 Å². The summed E-state index contributed by atoms with van der Waals surface area (Å²) < 4.78 is 15.7. The highest BCUT2D eigenvalue weighted by atomic mass is 16.6. The van der Waals surface area contributed by atoms with E-state index in [0.717, 1.165) is 0 Å². The van der Waals surface area contributed by atoms with E-state index in [0.29, 0.717) is 6.54 Å². The lowest BCUT2D eigenvalue weighted by molar-refractivity contribution is -0.150. The fourth-order valence-corrected chi connectivity index (χ4v) is 2.10. The van der Waals surface area contributed by atoms with E-state index in [1.807, 2.05) is 0 Å². The third-order valence-electron chi connectivity index (χ3n) is 3.02. The number of carboxylic acids is 1. The molecule has 1 aliphatic heterocycles. The number of aliphatic carboxylic acids is 1. The van der Waals surface area contributed by atoms with Crippen LogP contribution < -0.4 is 0 Å². The zero-order valence-electron chi connectivity index (χ0n) is 10.8. The molecular weight excluding hydrogens is 242 g/mol. The number of ether oxygens (including phenoxy) is 3. The molecule has 7 heteroatoms. The van der Waals surface area contributed by atoms with Gasteiger partial charge in [0.15, 0.2) is 6.23 Å². The minimum absolute atomic E-state index is 0.0535. The van der Waals surface area contributed by atoms with Gasteiger partial charge in [-0.3, -0.25) is 9.59 Å². The molecule has 7 nitrogen and oxygen atoms in total. The Morgan fingerprint density at radius 1 is 1.17 bits per heavy atom. The topological polar surface area (TPSA) is 85.3 Å². The highest BCUT2D eigenvalue weighted by molar-refractivity contribution is 5.81. The van der Waals surface area contributed by atoms with Crippen LogP contribution in [0.2, 0.25) is 0 Å². The Labute approximate surface area is 106 Å². The van der Waals surface area contributed by atoms with Crippen LogP contribution in [0.1, 0.15) is 12.8 Å². The lowest BCUT2D eigenvalue weighted by Gasteiger charge is -2.25. The average molecular weight is 261 g/mol. The molecule has 1 heterocycles. The van der Waals surface area contributed by atoms with E-state index in [2.05, 4.69) is 0 Å². The molecule has 104 valence electrons. The molecule has 0 aromatic rings. The van der Waals surface area contributed by atoms with Crippen LogP contribution in [0.4, 0.5) is 0 Å². The molecule has 0 aromatic heterocycles. The van der Waals surface area contributed by atoms with Gasteiger partial charge in [0.2, 0.25) is 5.91 Å². The SMILES string of the molecule is COC1CN(C(=O)CCC(=O)O)[C@H](OC)[C@@H]1OC. The standard InChI is InChI=1S/C11H19NO6/c1-16-7-6-12(8(13)4-5-9(14)15)11(18-3)10(7)17-2/h7,10-11H,4-6H2,1-3H3,(H,14,15)/t7?,10-,11-/m1/s1. The van der Waals surface area contributed by atoms with E-state index in [1.165, 1.54) is 26.2 Å². The van der Waals surface area contributed by atoms with Crippen molar-refractivity contribution in [3.63, 3.8) is 0 Å². The minimum atomic E-state index is -0.997. The maximum atomic E-state index is 11.9. The number of hydrogen-bond acceptors (Lipinski definition) is 5. The molecule has 0 radical (unpaired) electrons. The highest BCUT2D eigenvalue weighted by Gasteiger charge is 2.44. The van der Waals surface area contributed by atoms with Gasteiger partial charge in [-0.2, -0.15) is 0 Å².